The zero-order valence-corrected chi connectivity index (χ0v) is 17.8. The van der Waals surface area contributed by atoms with Crippen molar-refractivity contribution in [3.63, 3.8) is 0 Å². The molecule has 8 nitrogen and oxygen atoms in total. The van der Waals surface area contributed by atoms with Crippen LogP contribution in [0.3, 0.4) is 0 Å². The Bertz CT molecular complexity index is 944. The van der Waals surface area contributed by atoms with Gasteiger partial charge in [0.25, 0.3) is 0 Å². The summed E-state index contributed by atoms with van der Waals surface area (Å²) in [5.41, 5.74) is 8.09. The Morgan fingerprint density at radius 2 is 2.00 bits per heavy atom. The molecule has 1 saturated heterocycles. The van der Waals surface area contributed by atoms with Gasteiger partial charge in [0.05, 0.1) is 13.2 Å². The van der Waals surface area contributed by atoms with Crippen LogP contribution in [0.1, 0.15) is 36.0 Å². The van der Waals surface area contributed by atoms with E-state index >= 15 is 0 Å². The molecule has 31 heavy (non-hydrogen) atoms. The number of rotatable bonds is 8. The lowest BCUT2D eigenvalue weighted by atomic mass is 9.96. The Hall–Kier alpha value is -3.39. The molecule has 0 saturated carbocycles. The Labute approximate surface area is 182 Å². The first-order valence-corrected chi connectivity index (χ1v) is 10.3. The van der Waals surface area contributed by atoms with Crippen LogP contribution in [0.5, 0.6) is 5.75 Å². The number of amides is 2. The third kappa shape index (κ3) is 5.82. The van der Waals surface area contributed by atoms with E-state index in [9.17, 15) is 9.59 Å². The average Bonchev–Trinajstić information content (AvgIpc) is 3.28. The van der Waals surface area contributed by atoms with Gasteiger partial charge in [-0.3, -0.25) is 15.0 Å². The Morgan fingerprint density at radius 1 is 1.26 bits per heavy atom. The molecule has 2 amide bonds. The zero-order valence-electron chi connectivity index (χ0n) is 17.8. The maximum Gasteiger partial charge on any atom is 0.242 e. The highest BCUT2D eigenvalue weighted by molar-refractivity contribution is 5.95. The number of nitrogen functional groups attached to an aromatic ring is 1. The van der Waals surface area contributed by atoms with Gasteiger partial charge < -0.3 is 26.4 Å². The minimum absolute atomic E-state index is 0.00100. The number of amidine groups is 1. The molecule has 1 fully saturated rings. The van der Waals surface area contributed by atoms with Gasteiger partial charge in [-0.05, 0) is 42.5 Å². The van der Waals surface area contributed by atoms with E-state index in [2.05, 4.69) is 16.0 Å². The van der Waals surface area contributed by atoms with Gasteiger partial charge in [-0.1, -0.05) is 36.4 Å². The molecule has 1 aliphatic rings. The number of carbonyl (C=O) groups excluding carboxylic acids is 2. The summed E-state index contributed by atoms with van der Waals surface area (Å²) >= 11 is 0. The molecule has 3 rings (SSSR count). The Kier molecular flexibility index (Phi) is 7.25. The fourth-order valence-corrected chi connectivity index (χ4v) is 3.61. The normalized spacial score (nSPS) is 18.8. The molecular weight excluding hydrogens is 394 g/mol. The molecule has 0 radical (unpaired) electrons. The largest absolute Gasteiger partial charge is 0.497 e. The summed E-state index contributed by atoms with van der Waals surface area (Å²) in [5, 5.41) is 16.3. The van der Waals surface area contributed by atoms with Gasteiger partial charge in [0.15, 0.2) is 0 Å². The van der Waals surface area contributed by atoms with E-state index in [1.165, 1.54) is 0 Å². The maximum atomic E-state index is 12.6. The van der Waals surface area contributed by atoms with Crippen LogP contribution in [0.25, 0.3) is 0 Å². The van der Waals surface area contributed by atoms with E-state index in [1.807, 2.05) is 24.3 Å². The van der Waals surface area contributed by atoms with E-state index in [4.69, 9.17) is 15.9 Å². The number of carbonyl (C=O) groups is 2. The molecule has 2 aromatic rings. The lowest BCUT2D eigenvalue weighted by molar-refractivity contribution is -0.129. The van der Waals surface area contributed by atoms with Crippen LogP contribution in [-0.4, -0.2) is 43.4 Å². The van der Waals surface area contributed by atoms with E-state index in [0.29, 0.717) is 25.1 Å². The summed E-state index contributed by atoms with van der Waals surface area (Å²) in [6.45, 7) is 2.69. The van der Waals surface area contributed by atoms with E-state index in [-0.39, 0.29) is 29.6 Å². The number of nitrogens with one attached hydrogen (secondary N) is 4. The third-order valence-corrected chi connectivity index (χ3v) is 5.50. The summed E-state index contributed by atoms with van der Waals surface area (Å²) in [5.74, 6) is 0.575. The number of hydrogen-bond acceptors (Lipinski definition) is 5. The minimum atomic E-state index is -0.651. The quantitative estimate of drug-likeness (QED) is 0.322. The molecule has 0 aromatic heterocycles. The van der Waals surface area contributed by atoms with Crippen LogP contribution >= 0.6 is 0 Å². The average molecular weight is 424 g/mol. The Balaban J connectivity index is 1.47. The van der Waals surface area contributed by atoms with Crippen LogP contribution in [0, 0.1) is 5.41 Å². The molecule has 0 bridgehead atoms. The molecule has 1 heterocycles. The third-order valence-electron chi connectivity index (χ3n) is 5.50. The van der Waals surface area contributed by atoms with Gasteiger partial charge in [0.2, 0.25) is 11.8 Å². The highest BCUT2D eigenvalue weighted by Gasteiger charge is 2.31. The van der Waals surface area contributed by atoms with Crippen molar-refractivity contribution in [1.82, 2.24) is 16.0 Å². The van der Waals surface area contributed by atoms with Crippen molar-refractivity contribution >= 4 is 17.6 Å². The van der Waals surface area contributed by atoms with Gasteiger partial charge in [-0.2, -0.15) is 0 Å². The van der Waals surface area contributed by atoms with Crippen LogP contribution in [0.15, 0.2) is 48.5 Å². The second-order valence-electron chi connectivity index (χ2n) is 7.73. The predicted octanol–water partition coefficient (Wildman–Crippen LogP) is 1.25. The minimum Gasteiger partial charge on any atom is -0.497 e. The molecule has 8 heteroatoms. The second kappa shape index (κ2) is 10.1. The number of methoxy groups -OCH3 is 1. The smallest absolute Gasteiger partial charge is 0.242 e. The lowest BCUT2D eigenvalue weighted by Gasteiger charge is -2.17. The molecule has 1 unspecified atom stereocenters. The topological polar surface area (TPSA) is 129 Å². The van der Waals surface area contributed by atoms with E-state index in [1.54, 1.807) is 38.3 Å². The summed E-state index contributed by atoms with van der Waals surface area (Å²) < 4.78 is 5.28. The highest BCUT2D eigenvalue weighted by Crippen LogP contribution is 2.28. The van der Waals surface area contributed by atoms with E-state index < -0.39 is 6.04 Å². The predicted molar refractivity (Wildman–Crippen MR) is 119 cm³/mol. The van der Waals surface area contributed by atoms with Crippen molar-refractivity contribution in [2.45, 2.75) is 37.9 Å². The summed E-state index contributed by atoms with van der Waals surface area (Å²) in [4.78, 5) is 25.0. The molecule has 2 aromatic carbocycles. The van der Waals surface area contributed by atoms with Gasteiger partial charge >= 0.3 is 0 Å². The maximum absolute atomic E-state index is 12.6. The fraction of sp³-hybridized carbons (Fsp3) is 0.348. The molecule has 1 aliphatic heterocycles. The van der Waals surface area contributed by atoms with E-state index in [0.717, 1.165) is 16.9 Å². The summed E-state index contributed by atoms with van der Waals surface area (Å²) in [6, 6.07) is 14.0. The first-order valence-electron chi connectivity index (χ1n) is 10.3. The van der Waals surface area contributed by atoms with Crippen LogP contribution in [-0.2, 0) is 16.1 Å². The highest BCUT2D eigenvalue weighted by atomic mass is 16.5. The number of hydrogen-bond donors (Lipinski definition) is 5. The van der Waals surface area contributed by atoms with Crippen molar-refractivity contribution in [1.29, 1.82) is 5.41 Å². The van der Waals surface area contributed by atoms with Crippen LogP contribution in [0.2, 0.25) is 0 Å². The number of benzene rings is 2. The number of ether oxygens (including phenoxy) is 1. The Morgan fingerprint density at radius 3 is 2.68 bits per heavy atom. The first-order chi connectivity index (χ1) is 14.9. The van der Waals surface area contributed by atoms with Crippen LogP contribution in [0.4, 0.5) is 0 Å². The molecule has 164 valence electrons. The van der Waals surface area contributed by atoms with Crippen molar-refractivity contribution in [3.8, 4) is 5.75 Å². The van der Waals surface area contributed by atoms with Crippen molar-refractivity contribution in [2.75, 3.05) is 13.7 Å². The second-order valence-corrected chi connectivity index (χ2v) is 7.73. The summed E-state index contributed by atoms with van der Waals surface area (Å²) in [7, 11) is 1.63. The first kappa shape index (κ1) is 22.3. The molecule has 3 atom stereocenters. The van der Waals surface area contributed by atoms with Gasteiger partial charge in [-0.15, -0.1) is 0 Å². The summed E-state index contributed by atoms with van der Waals surface area (Å²) in [6.07, 6.45) is 0.663. The molecule has 0 spiro atoms. The molecular formula is C23H29N5O3. The molecule has 0 aliphatic carbocycles. The van der Waals surface area contributed by atoms with Crippen molar-refractivity contribution in [2.24, 2.45) is 5.73 Å². The van der Waals surface area contributed by atoms with Gasteiger partial charge in [0.1, 0.15) is 17.6 Å². The SMILES string of the molecule is COc1cccc([C@@H]2CN[C@@H](C(=O)NC(C)C(=O)NCc3ccc(C(=N)N)cc3)C2)c1. The standard InChI is InChI=1S/C23H29N5O3/c1-14(22(29)27-12-15-6-8-16(9-7-15)21(24)25)28-23(30)20-11-18(13-26-20)17-4-3-5-19(10-17)31-2/h3-10,14,18,20,26H,11-13H2,1-2H3,(H3,24,25)(H,27,29)(H,28,30)/t14?,18-,20+/m0/s1. The van der Waals surface area contributed by atoms with Crippen molar-refractivity contribution in [3.05, 3.63) is 65.2 Å². The fourth-order valence-electron chi connectivity index (χ4n) is 3.61. The zero-order chi connectivity index (χ0) is 22.4. The van der Waals surface area contributed by atoms with Gasteiger partial charge in [0, 0.05) is 18.7 Å². The number of nitrogens with two attached hydrogens (primary N) is 1. The lowest BCUT2D eigenvalue weighted by Crippen LogP contribution is -2.49. The van der Waals surface area contributed by atoms with Crippen LogP contribution < -0.4 is 26.4 Å². The van der Waals surface area contributed by atoms with Gasteiger partial charge in [-0.25, -0.2) is 0 Å². The monoisotopic (exact) mass is 423 g/mol. The molecule has 6 N–H and O–H groups in total. The van der Waals surface area contributed by atoms with Crippen molar-refractivity contribution < 1.29 is 14.3 Å².